The topological polar surface area (TPSA) is 48.5 Å². The van der Waals surface area contributed by atoms with E-state index >= 15 is 0 Å². The van der Waals surface area contributed by atoms with Gasteiger partial charge in [0.15, 0.2) is 0 Å². The van der Waals surface area contributed by atoms with Gasteiger partial charge >= 0.3 is 0 Å². The standard InChI is InChI=1S/C14H21FN4O/c1-10(11-6-12(15)8-17-7-11)19-5-4-16-9-13(19)14(20)18(2)3/h6-8,10,13,16H,4-5,9H2,1-3H3. The lowest BCUT2D eigenvalue weighted by Crippen LogP contribution is -2.58. The molecule has 2 heterocycles. The van der Waals surface area contributed by atoms with Gasteiger partial charge in [-0.2, -0.15) is 0 Å². The zero-order chi connectivity index (χ0) is 14.7. The van der Waals surface area contributed by atoms with Crippen LogP contribution in [0.25, 0.3) is 0 Å². The normalized spacial score (nSPS) is 21.5. The number of hydrogen-bond donors (Lipinski definition) is 1. The van der Waals surface area contributed by atoms with Gasteiger partial charge < -0.3 is 10.2 Å². The molecule has 6 heteroatoms. The molecule has 5 nitrogen and oxygen atoms in total. The Morgan fingerprint density at radius 2 is 2.30 bits per heavy atom. The zero-order valence-electron chi connectivity index (χ0n) is 12.1. The van der Waals surface area contributed by atoms with E-state index < -0.39 is 0 Å². The van der Waals surface area contributed by atoms with Crippen molar-refractivity contribution in [2.75, 3.05) is 33.7 Å². The summed E-state index contributed by atoms with van der Waals surface area (Å²) in [6.07, 6.45) is 2.85. The van der Waals surface area contributed by atoms with Crippen molar-refractivity contribution in [2.45, 2.75) is 19.0 Å². The number of carbonyl (C=O) groups is 1. The second kappa shape index (κ2) is 6.28. The van der Waals surface area contributed by atoms with Crippen LogP contribution >= 0.6 is 0 Å². The zero-order valence-corrected chi connectivity index (χ0v) is 12.1. The summed E-state index contributed by atoms with van der Waals surface area (Å²) in [4.78, 5) is 19.9. The van der Waals surface area contributed by atoms with Crippen LogP contribution in [0.4, 0.5) is 4.39 Å². The molecule has 1 aliphatic rings. The third-order valence-electron chi connectivity index (χ3n) is 3.72. The van der Waals surface area contributed by atoms with E-state index in [0.29, 0.717) is 6.54 Å². The maximum absolute atomic E-state index is 13.3. The maximum atomic E-state index is 13.3. The molecular formula is C14H21FN4O. The minimum Gasteiger partial charge on any atom is -0.347 e. The van der Waals surface area contributed by atoms with Gasteiger partial charge in [0, 0.05) is 46.0 Å². The predicted molar refractivity (Wildman–Crippen MR) is 74.7 cm³/mol. The molecule has 0 aliphatic carbocycles. The Kier molecular flexibility index (Phi) is 4.67. The van der Waals surface area contributed by atoms with Gasteiger partial charge in [0.25, 0.3) is 0 Å². The Morgan fingerprint density at radius 3 is 2.95 bits per heavy atom. The Hall–Kier alpha value is -1.53. The van der Waals surface area contributed by atoms with Crippen LogP contribution in [0.1, 0.15) is 18.5 Å². The average molecular weight is 280 g/mol. The Bertz CT molecular complexity index is 480. The number of carbonyl (C=O) groups excluding carboxylic acids is 1. The van der Waals surface area contributed by atoms with E-state index in [-0.39, 0.29) is 23.8 Å². The molecule has 1 amide bonds. The second-order valence-electron chi connectivity index (χ2n) is 5.30. The molecule has 0 spiro atoms. The van der Waals surface area contributed by atoms with Crippen LogP contribution < -0.4 is 5.32 Å². The lowest BCUT2D eigenvalue weighted by Gasteiger charge is -2.40. The van der Waals surface area contributed by atoms with Crippen molar-refractivity contribution in [3.63, 3.8) is 0 Å². The molecular weight excluding hydrogens is 259 g/mol. The number of rotatable bonds is 3. The van der Waals surface area contributed by atoms with Gasteiger partial charge in [0.2, 0.25) is 5.91 Å². The average Bonchev–Trinajstić information content (AvgIpc) is 2.45. The molecule has 2 rings (SSSR count). The van der Waals surface area contributed by atoms with E-state index in [1.165, 1.54) is 12.3 Å². The van der Waals surface area contributed by atoms with Gasteiger partial charge in [-0.1, -0.05) is 0 Å². The van der Waals surface area contributed by atoms with Crippen LogP contribution in [0.3, 0.4) is 0 Å². The van der Waals surface area contributed by atoms with Gasteiger partial charge in [-0.15, -0.1) is 0 Å². The van der Waals surface area contributed by atoms with E-state index in [1.54, 1.807) is 25.2 Å². The second-order valence-corrected chi connectivity index (χ2v) is 5.30. The summed E-state index contributed by atoms with van der Waals surface area (Å²) in [5, 5.41) is 3.24. The maximum Gasteiger partial charge on any atom is 0.240 e. The first kappa shape index (κ1) is 14.9. The third kappa shape index (κ3) is 3.13. The lowest BCUT2D eigenvalue weighted by molar-refractivity contribution is -0.136. The summed E-state index contributed by atoms with van der Waals surface area (Å²) in [6.45, 7) is 4.17. The molecule has 1 aromatic heterocycles. The Balaban J connectivity index is 2.21. The van der Waals surface area contributed by atoms with Gasteiger partial charge in [0.1, 0.15) is 11.9 Å². The summed E-state index contributed by atoms with van der Waals surface area (Å²) in [7, 11) is 3.51. The van der Waals surface area contributed by atoms with Crippen molar-refractivity contribution in [3.8, 4) is 0 Å². The smallest absolute Gasteiger partial charge is 0.240 e. The quantitative estimate of drug-likeness (QED) is 0.883. The van der Waals surface area contributed by atoms with Gasteiger partial charge in [-0.3, -0.25) is 14.7 Å². The van der Waals surface area contributed by atoms with Crippen molar-refractivity contribution in [2.24, 2.45) is 0 Å². The van der Waals surface area contributed by atoms with Crippen LogP contribution in [-0.2, 0) is 4.79 Å². The molecule has 1 aliphatic heterocycles. The summed E-state index contributed by atoms with van der Waals surface area (Å²) in [6, 6.07) is 1.21. The number of likely N-dealkylation sites (N-methyl/N-ethyl adjacent to an activating group) is 1. The van der Waals surface area contributed by atoms with Crippen LogP contribution in [0, 0.1) is 5.82 Å². The number of halogens is 1. The first-order valence-electron chi connectivity index (χ1n) is 6.78. The molecule has 0 bridgehead atoms. The molecule has 20 heavy (non-hydrogen) atoms. The molecule has 1 fully saturated rings. The lowest BCUT2D eigenvalue weighted by atomic mass is 10.0. The molecule has 1 aromatic rings. The van der Waals surface area contributed by atoms with E-state index in [1.807, 2.05) is 6.92 Å². The largest absolute Gasteiger partial charge is 0.347 e. The monoisotopic (exact) mass is 280 g/mol. The Labute approximate surface area is 118 Å². The summed E-state index contributed by atoms with van der Waals surface area (Å²) in [5.74, 6) is -0.284. The van der Waals surface area contributed by atoms with Crippen LogP contribution in [-0.4, -0.2) is 60.5 Å². The first-order valence-corrected chi connectivity index (χ1v) is 6.78. The molecule has 2 atom stereocenters. The minimum atomic E-state index is -0.347. The molecule has 110 valence electrons. The van der Waals surface area contributed by atoms with Gasteiger partial charge in [0.05, 0.1) is 6.20 Å². The van der Waals surface area contributed by atoms with Crippen molar-refractivity contribution in [3.05, 3.63) is 29.8 Å². The molecule has 1 saturated heterocycles. The number of aromatic nitrogens is 1. The molecule has 0 aromatic carbocycles. The molecule has 2 unspecified atom stereocenters. The fourth-order valence-electron chi connectivity index (χ4n) is 2.56. The van der Waals surface area contributed by atoms with Crippen molar-refractivity contribution in [1.29, 1.82) is 0 Å². The van der Waals surface area contributed by atoms with Gasteiger partial charge in [-0.05, 0) is 18.6 Å². The van der Waals surface area contributed by atoms with Crippen LogP contribution in [0.5, 0.6) is 0 Å². The molecule has 1 N–H and O–H groups in total. The number of nitrogens with one attached hydrogen (secondary N) is 1. The van der Waals surface area contributed by atoms with Crippen LogP contribution in [0.15, 0.2) is 18.5 Å². The Morgan fingerprint density at radius 1 is 1.55 bits per heavy atom. The third-order valence-corrected chi connectivity index (χ3v) is 3.72. The molecule has 0 saturated carbocycles. The minimum absolute atomic E-state index is 0.0470. The number of nitrogens with zero attached hydrogens (tertiary/aromatic N) is 3. The van der Waals surface area contributed by atoms with Crippen molar-refractivity contribution < 1.29 is 9.18 Å². The first-order chi connectivity index (χ1) is 9.50. The summed E-state index contributed by atoms with van der Waals surface area (Å²) >= 11 is 0. The predicted octanol–water partition coefficient (Wildman–Crippen LogP) is 0.644. The fourth-order valence-corrected chi connectivity index (χ4v) is 2.56. The van der Waals surface area contributed by atoms with Crippen molar-refractivity contribution in [1.82, 2.24) is 20.1 Å². The number of hydrogen-bond acceptors (Lipinski definition) is 4. The fraction of sp³-hybridized carbons (Fsp3) is 0.571. The highest BCUT2D eigenvalue weighted by Gasteiger charge is 2.33. The summed E-state index contributed by atoms with van der Waals surface area (Å²) in [5.41, 5.74) is 0.795. The highest BCUT2D eigenvalue weighted by Crippen LogP contribution is 2.23. The van der Waals surface area contributed by atoms with Crippen LogP contribution in [0.2, 0.25) is 0 Å². The van der Waals surface area contributed by atoms with E-state index in [2.05, 4.69) is 15.2 Å². The van der Waals surface area contributed by atoms with Gasteiger partial charge in [-0.25, -0.2) is 4.39 Å². The van der Waals surface area contributed by atoms with E-state index in [9.17, 15) is 9.18 Å². The van der Waals surface area contributed by atoms with Crippen molar-refractivity contribution >= 4 is 5.91 Å². The number of piperazine rings is 1. The van der Waals surface area contributed by atoms with E-state index in [0.717, 1.165) is 18.7 Å². The van der Waals surface area contributed by atoms with E-state index in [4.69, 9.17) is 0 Å². The summed E-state index contributed by atoms with van der Waals surface area (Å²) < 4.78 is 13.3. The SMILES string of the molecule is CC(c1cncc(F)c1)N1CCNCC1C(=O)N(C)C. The highest BCUT2D eigenvalue weighted by molar-refractivity contribution is 5.81. The number of amides is 1. The molecule has 0 radical (unpaired) electrons. The highest BCUT2D eigenvalue weighted by atomic mass is 19.1. The number of pyridine rings is 1.